The number of rotatable bonds is 5. The molecule has 7 atom stereocenters. The first-order valence-corrected chi connectivity index (χ1v) is 19.8. The molecule has 0 unspecified atom stereocenters. The van der Waals surface area contributed by atoms with Crippen molar-refractivity contribution in [3.05, 3.63) is 11.1 Å². The summed E-state index contributed by atoms with van der Waals surface area (Å²) in [7, 11) is -2.87. The van der Waals surface area contributed by atoms with Gasteiger partial charge in [-0.05, 0) is 123 Å². The van der Waals surface area contributed by atoms with Crippen LogP contribution in [0.3, 0.4) is 0 Å². The number of carbonyl (C=O) groups is 1. The van der Waals surface area contributed by atoms with Gasteiger partial charge in [-0.1, -0.05) is 59.6 Å². The summed E-state index contributed by atoms with van der Waals surface area (Å²) in [5.41, 5.74) is 3.55. The molecule has 6 aliphatic rings. The van der Waals surface area contributed by atoms with E-state index in [4.69, 9.17) is 0 Å². The number of sulfone groups is 1. The molecule has 1 amide bonds. The molecule has 6 rings (SSSR count). The van der Waals surface area contributed by atoms with E-state index in [0.29, 0.717) is 31.5 Å². The maximum atomic E-state index is 14.3. The van der Waals surface area contributed by atoms with Crippen LogP contribution in [0.25, 0.3) is 0 Å². The van der Waals surface area contributed by atoms with Crippen LogP contribution in [-0.2, 0) is 14.6 Å². The molecule has 0 radical (unpaired) electrons. The third-order valence-electron chi connectivity index (χ3n) is 15.3. The number of aliphatic hydroxyl groups is 1. The summed E-state index contributed by atoms with van der Waals surface area (Å²) >= 11 is 0. The maximum Gasteiger partial charge on any atom is 0.230 e. The lowest BCUT2D eigenvalue weighted by atomic mass is 9.34. The quantitative estimate of drug-likeness (QED) is 0.267. The molecule has 0 aromatic rings. The average Bonchev–Trinajstić information content (AvgIpc) is 2.94. The van der Waals surface area contributed by atoms with Crippen molar-refractivity contribution in [3.8, 4) is 0 Å². The van der Waals surface area contributed by atoms with Gasteiger partial charge in [0.05, 0.1) is 23.0 Å². The standard InChI is InChI=1S/C37H62N2O4S/c1-32(2)15-17-37(31(41)38-19-8-20-39-21-23-44(42,43)24-22-39)18-16-35(6)26(27(37)25-32)9-10-29-34(5)13-12-30(40)33(3,4)28(34)11-14-36(29,35)7/h28-30,40H,8-25H2,1-7H3,(H,38,41)/t28-,29+,30-,34-,35+,36+,37-/m0/s1. The van der Waals surface area contributed by atoms with E-state index >= 15 is 0 Å². The highest BCUT2D eigenvalue weighted by molar-refractivity contribution is 7.91. The molecule has 0 spiro atoms. The molecule has 0 aromatic carbocycles. The van der Waals surface area contributed by atoms with E-state index in [9.17, 15) is 18.3 Å². The van der Waals surface area contributed by atoms with Crippen molar-refractivity contribution >= 4 is 15.7 Å². The lowest BCUT2D eigenvalue weighted by Crippen LogP contribution is -2.64. The third-order valence-corrected chi connectivity index (χ3v) is 16.9. The number of hydrogen-bond donors (Lipinski definition) is 2. The molecule has 44 heavy (non-hydrogen) atoms. The molecule has 2 N–H and O–H groups in total. The Labute approximate surface area is 268 Å². The summed E-state index contributed by atoms with van der Waals surface area (Å²) in [6.45, 7) is 20.0. The Morgan fingerprint density at radius 3 is 2.25 bits per heavy atom. The zero-order valence-corrected chi connectivity index (χ0v) is 29.8. The molecule has 5 aliphatic carbocycles. The Balaban J connectivity index is 1.25. The Hall–Kier alpha value is -0.920. The predicted octanol–water partition coefficient (Wildman–Crippen LogP) is 6.53. The zero-order valence-electron chi connectivity index (χ0n) is 29.0. The molecule has 1 heterocycles. The number of fused-ring (bicyclic) bond motifs is 6. The molecule has 0 bridgehead atoms. The van der Waals surface area contributed by atoms with Gasteiger partial charge in [-0.15, -0.1) is 0 Å². The van der Waals surface area contributed by atoms with Crippen molar-refractivity contribution in [2.75, 3.05) is 37.7 Å². The van der Waals surface area contributed by atoms with Gasteiger partial charge < -0.3 is 15.3 Å². The van der Waals surface area contributed by atoms with Crippen molar-refractivity contribution in [2.45, 2.75) is 132 Å². The van der Waals surface area contributed by atoms with Gasteiger partial charge in [-0.2, -0.15) is 0 Å². The molecule has 250 valence electrons. The van der Waals surface area contributed by atoms with E-state index in [-0.39, 0.29) is 56.0 Å². The van der Waals surface area contributed by atoms with E-state index in [2.05, 4.69) is 58.7 Å². The van der Waals surface area contributed by atoms with Crippen LogP contribution in [0.4, 0.5) is 0 Å². The molecule has 7 heteroatoms. The van der Waals surface area contributed by atoms with Crippen LogP contribution in [0.15, 0.2) is 11.1 Å². The first-order valence-electron chi connectivity index (χ1n) is 18.0. The van der Waals surface area contributed by atoms with E-state index < -0.39 is 9.84 Å². The summed E-state index contributed by atoms with van der Waals surface area (Å²) in [6.07, 6.45) is 12.6. The lowest BCUT2D eigenvalue weighted by Gasteiger charge is -2.71. The van der Waals surface area contributed by atoms with Crippen LogP contribution in [0.2, 0.25) is 0 Å². The second-order valence-corrected chi connectivity index (χ2v) is 20.6. The van der Waals surface area contributed by atoms with Gasteiger partial charge in [0, 0.05) is 19.6 Å². The van der Waals surface area contributed by atoms with Gasteiger partial charge in [-0.3, -0.25) is 4.79 Å². The number of nitrogens with one attached hydrogen (secondary N) is 1. The SMILES string of the molecule is CC1(C)CC[C@]2(C(=O)NCCCN3CCS(=O)(=O)CC3)CC[C@]3(C)C(=C2C1)CC[C@@H]1[C@@]2(C)CC[C@H](O)C(C)(C)[C@@H]2CC[C@]13C. The van der Waals surface area contributed by atoms with Crippen LogP contribution in [0.1, 0.15) is 126 Å². The van der Waals surface area contributed by atoms with Crippen molar-refractivity contribution < 1.29 is 18.3 Å². The molecule has 6 nitrogen and oxygen atoms in total. The second kappa shape index (κ2) is 10.8. The van der Waals surface area contributed by atoms with Crippen LogP contribution in [-0.4, -0.2) is 68.1 Å². The van der Waals surface area contributed by atoms with Crippen LogP contribution in [0.5, 0.6) is 0 Å². The Morgan fingerprint density at radius 1 is 0.864 bits per heavy atom. The number of hydrogen-bond acceptors (Lipinski definition) is 5. The Kier molecular flexibility index (Phi) is 8.10. The highest BCUT2D eigenvalue weighted by Gasteiger charge is 2.68. The lowest BCUT2D eigenvalue weighted by molar-refractivity contribution is -0.204. The van der Waals surface area contributed by atoms with Crippen molar-refractivity contribution in [1.29, 1.82) is 0 Å². The highest BCUT2D eigenvalue weighted by atomic mass is 32.2. The van der Waals surface area contributed by atoms with Crippen LogP contribution < -0.4 is 5.32 Å². The molecule has 5 fully saturated rings. The smallest absolute Gasteiger partial charge is 0.230 e. The summed E-state index contributed by atoms with van der Waals surface area (Å²) in [5, 5.41) is 14.5. The van der Waals surface area contributed by atoms with Gasteiger partial charge in [0.1, 0.15) is 0 Å². The Bertz CT molecular complexity index is 1290. The molecular weight excluding hydrogens is 568 g/mol. The molecular formula is C37H62N2O4S. The minimum absolute atomic E-state index is 0.0348. The maximum absolute atomic E-state index is 14.3. The summed E-state index contributed by atoms with van der Waals surface area (Å²) in [6, 6.07) is 0. The fourth-order valence-corrected chi connectivity index (χ4v) is 13.5. The highest BCUT2D eigenvalue weighted by Crippen LogP contribution is 2.75. The van der Waals surface area contributed by atoms with Crippen LogP contribution in [0, 0.1) is 44.3 Å². The summed E-state index contributed by atoms with van der Waals surface area (Å²) in [4.78, 5) is 16.6. The number of carbonyl (C=O) groups excluding carboxylic acids is 1. The van der Waals surface area contributed by atoms with Gasteiger partial charge in [0.25, 0.3) is 0 Å². The molecule has 1 aliphatic heterocycles. The molecule has 4 saturated carbocycles. The first-order chi connectivity index (χ1) is 20.4. The largest absolute Gasteiger partial charge is 0.393 e. The minimum atomic E-state index is -2.87. The first kappa shape index (κ1) is 33.0. The van der Waals surface area contributed by atoms with Crippen molar-refractivity contribution in [3.63, 3.8) is 0 Å². The normalized spacial score (nSPS) is 44.5. The topological polar surface area (TPSA) is 86.7 Å². The van der Waals surface area contributed by atoms with Gasteiger partial charge in [0.2, 0.25) is 5.91 Å². The second-order valence-electron chi connectivity index (χ2n) is 18.3. The summed E-state index contributed by atoms with van der Waals surface area (Å²) in [5.74, 6) is 1.98. The monoisotopic (exact) mass is 630 g/mol. The fourth-order valence-electron chi connectivity index (χ4n) is 12.3. The predicted molar refractivity (Wildman–Crippen MR) is 178 cm³/mol. The number of nitrogens with zero attached hydrogens (tertiary/aromatic N) is 1. The summed E-state index contributed by atoms with van der Waals surface area (Å²) < 4.78 is 23.6. The van der Waals surface area contributed by atoms with Crippen molar-refractivity contribution in [1.82, 2.24) is 10.2 Å². The fraction of sp³-hybridized carbons (Fsp3) is 0.919. The molecule has 1 saturated heterocycles. The third kappa shape index (κ3) is 4.98. The van der Waals surface area contributed by atoms with E-state index in [1.54, 1.807) is 5.57 Å². The average molecular weight is 631 g/mol. The van der Waals surface area contributed by atoms with E-state index in [1.807, 2.05) is 0 Å². The number of aliphatic hydroxyl groups excluding tert-OH is 1. The Morgan fingerprint density at radius 2 is 1.55 bits per heavy atom. The zero-order chi connectivity index (χ0) is 32.0. The van der Waals surface area contributed by atoms with Crippen LogP contribution >= 0.6 is 0 Å². The van der Waals surface area contributed by atoms with Gasteiger partial charge in [0.15, 0.2) is 9.84 Å². The molecule has 0 aromatic heterocycles. The van der Waals surface area contributed by atoms with E-state index in [1.165, 1.54) is 24.8 Å². The van der Waals surface area contributed by atoms with E-state index in [0.717, 1.165) is 64.3 Å². The number of amides is 1. The van der Waals surface area contributed by atoms with Gasteiger partial charge >= 0.3 is 0 Å². The minimum Gasteiger partial charge on any atom is -0.393 e. The van der Waals surface area contributed by atoms with Gasteiger partial charge in [-0.25, -0.2) is 8.42 Å². The van der Waals surface area contributed by atoms with Crippen molar-refractivity contribution in [2.24, 2.45) is 44.3 Å². The number of allylic oxidation sites excluding steroid dienone is 1.